The van der Waals surface area contributed by atoms with E-state index in [0.29, 0.717) is 44.3 Å². The van der Waals surface area contributed by atoms with Crippen molar-refractivity contribution in [2.45, 2.75) is 58.2 Å². The number of hydrogen-bond donors (Lipinski definition) is 0. The number of rotatable bonds is 10. The van der Waals surface area contributed by atoms with Crippen LogP contribution in [0, 0.1) is 13.8 Å². The number of ether oxygens (including phenoxy) is 2. The average molecular weight is 637 g/mol. The summed E-state index contributed by atoms with van der Waals surface area (Å²) in [5, 5.41) is 3.84. The second kappa shape index (κ2) is 14.5. The average Bonchev–Trinajstić information content (AvgIpc) is 3.70. The third-order valence-electron chi connectivity index (χ3n) is 8.71. The Balaban J connectivity index is 0.942. The molecule has 0 unspecified atom stereocenters. The first-order valence-electron chi connectivity index (χ1n) is 16.1. The highest BCUT2D eigenvalue weighted by molar-refractivity contribution is 5.87. The molecule has 4 heterocycles. The minimum Gasteiger partial charge on any atom is -0.490 e. The number of allylic oxidation sites excluding steroid dienone is 1. The lowest BCUT2D eigenvalue weighted by Gasteiger charge is -2.31. The molecule has 6 rings (SSSR count). The molecule has 2 saturated heterocycles. The first kappa shape index (κ1) is 31.8. The maximum absolute atomic E-state index is 12.9. The molecule has 0 radical (unpaired) electrons. The summed E-state index contributed by atoms with van der Waals surface area (Å²) in [7, 11) is 0. The van der Waals surface area contributed by atoms with Crippen molar-refractivity contribution in [3.05, 3.63) is 96.9 Å². The van der Waals surface area contributed by atoms with Gasteiger partial charge in [-0.1, -0.05) is 29.9 Å². The maximum Gasteiger partial charge on any atom is 0.246 e. The Morgan fingerprint density at radius 1 is 0.851 bits per heavy atom. The highest BCUT2D eigenvalue weighted by Gasteiger charge is 2.24. The van der Waals surface area contributed by atoms with E-state index in [-0.39, 0.29) is 24.0 Å². The van der Waals surface area contributed by atoms with Crippen molar-refractivity contribution < 1.29 is 28.0 Å². The summed E-state index contributed by atoms with van der Waals surface area (Å²) in [5.41, 5.74) is 3.70. The molecule has 2 aliphatic rings. The van der Waals surface area contributed by atoms with Gasteiger partial charge in [0.15, 0.2) is 11.7 Å². The van der Waals surface area contributed by atoms with E-state index in [1.807, 2.05) is 73.4 Å². The van der Waals surface area contributed by atoms with E-state index < -0.39 is 0 Å². The minimum absolute atomic E-state index is 0.0195. The predicted octanol–water partition coefficient (Wildman–Crippen LogP) is 6.34. The Morgan fingerprint density at radius 3 is 1.94 bits per heavy atom. The highest BCUT2D eigenvalue weighted by atomic mass is 16.5. The van der Waals surface area contributed by atoms with E-state index in [0.717, 1.165) is 65.3 Å². The molecule has 0 atom stereocenters. The van der Waals surface area contributed by atoms with Crippen LogP contribution >= 0.6 is 0 Å². The van der Waals surface area contributed by atoms with Crippen LogP contribution in [0.15, 0.2) is 88.5 Å². The molecule has 244 valence electrons. The molecule has 0 spiro atoms. The van der Waals surface area contributed by atoms with E-state index >= 15 is 0 Å². The molecule has 47 heavy (non-hydrogen) atoms. The lowest BCUT2D eigenvalue weighted by Crippen LogP contribution is -2.41. The number of aryl methyl sites for hydroxylation is 2. The maximum atomic E-state index is 12.9. The summed E-state index contributed by atoms with van der Waals surface area (Å²) < 4.78 is 23.6. The van der Waals surface area contributed by atoms with Gasteiger partial charge in [0.2, 0.25) is 11.8 Å². The van der Waals surface area contributed by atoms with Gasteiger partial charge in [0.05, 0.1) is 11.9 Å². The summed E-state index contributed by atoms with van der Waals surface area (Å²) in [5.74, 6) is 3.59. The van der Waals surface area contributed by atoms with Gasteiger partial charge in [0.25, 0.3) is 0 Å². The fraction of sp³-hybridized carbons (Fsp3) is 0.351. The fourth-order valence-electron chi connectivity index (χ4n) is 6.05. The highest BCUT2D eigenvalue weighted by Crippen LogP contribution is 2.29. The normalized spacial score (nSPS) is 16.0. The lowest BCUT2D eigenvalue weighted by atomic mass is 10.1. The number of benzene rings is 2. The zero-order valence-electron chi connectivity index (χ0n) is 26.9. The van der Waals surface area contributed by atoms with Crippen molar-refractivity contribution in [2.24, 2.45) is 0 Å². The smallest absolute Gasteiger partial charge is 0.246 e. The molecule has 0 saturated carbocycles. The third-order valence-corrected chi connectivity index (χ3v) is 8.71. The summed E-state index contributed by atoms with van der Waals surface area (Å²) in [4.78, 5) is 32.9. The number of carbonyl (C=O) groups is 2. The summed E-state index contributed by atoms with van der Waals surface area (Å²) in [6.45, 7) is 9.99. The Morgan fingerprint density at radius 2 is 1.40 bits per heavy atom. The van der Waals surface area contributed by atoms with E-state index in [1.54, 1.807) is 17.2 Å². The van der Waals surface area contributed by atoms with Gasteiger partial charge in [-0.25, -0.2) is 4.98 Å². The van der Waals surface area contributed by atoms with Crippen molar-refractivity contribution in [3.63, 3.8) is 0 Å². The third kappa shape index (κ3) is 7.82. The number of amides is 2. The molecule has 10 nitrogen and oxygen atoms in total. The van der Waals surface area contributed by atoms with Crippen molar-refractivity contribution in [1.82, 2.24) is 19.9 Å². The molecule has 0 bridgehead atoms. The molecule has 0 aliphatic carbocycles. The van der Waals surface area contributed by atoms with Crippen molar-refractivity contribution in [2.75, 3.05) is 26.2 Å². The molecule has 2 aliphatic heterocycles. The number of carbonyl (C=O) groups excluding carboxylic acids is 2. The summed E-state index contributed by atoms with van der Waals surface area (Å²) in [6.07, 6.45) is 10.2. The van der Waals surface area contributed by atoms with Gasteiger partial charge < -0.3 is 28.2 Å². The van der Waals surface area contributed by atoms with Gasteiger partial charge in [0.1, 0.15) is 29.5 Å². The second-order valence-corrected chi connectivity index (χ2v) is 12.0. The first-order valence-corrected chi connectivity index (χ1v) is 16.1. The van der Waals surface area contributed by atoms with Crippen LogP contribution in [0.2, 0.25) is 0 Å². The van der Waals surface area contributed by atoms with Gasteiger partial charge in [-0.2, -0.15) is 0 Å². The molecular formula is C37H40N4O6. The summed E-state index contributed by atoms with van der Waals surface area (Å²) in [6, 6.07) is 15.7. The quantitative estimate of drug-likeness (QED) is 0.186. The molecule has 0 N–H and O–H groups in total. The van der Waals surface area contributed by atoms with E-state index in [2.05, 4.69) is 16.7 Å². The standard InChI is InChI=1S/C37H40N4O6/c1-4-35(42)40-20-16-31(17-21-40)45-30-14-10-28(11-15-30)37-25(2)39-34(46-37)6-5-7-36(43)41-22-18-32(19-23-41)44-29-12-8-27(9-13-29)33-24-38-47-26(33)3/h4-5,7-15,24,31-32H,1,6,16-23H2,2-3H3/b7-5+. The largest absolute Gasteiger partial charge is 0.490 e. The summed E-state index contributed by atoms with van der Waals surface area (Å²) >= 11 is 0. The monoisotopic (exact) mass is 636 g/mol. The zero-order chi connectivity index (χ0) is 32.8. The molecule has 2 fully saturated rings. The van der Waals surface area contributed by atoms with E-state index in [9.17, 15) is 9.59 Å². The van der Waals surface area contributed by atoms with Crippen LogP contribution in [0.1, 0.15) is 43.0 Å². The Hall–Kier alpha value is -5.12. The van der Waals surface area contributed by atoms with Crippen LogP contribution in [-0.2, 0) is 16.0 Å². The first-order chi connectivity index (χ1) is 22.9. The van der Waals surface area contributed by atoms with Gasteiger partial charge >= 0.3 is 0 Å². The van der Waals surface area contributed by atoms with Crippen LogP contribution in [0.25, 0.3) is 22.5 Å². The Kier molecular flexibility index (Phi) is 9.85. The molecule has 2 aromatic heterocycles. The number of oxazole rings is 1. The predicted molar refractivity (Wildman–Crippen MR) is 177 cm³/mol. The van der Waals surface area contributed by atoms with Crippen LogP contribution in [0.5, 0.6) is 11.5 Å². The molecule has 4 aromatic rings. The van der Waals surface area contributed by atoms with Crippen LogP contribution < -0.4 is 9.47 Å². The van der Waals surface area contributed by atoms with Gasteiger partial charge in [-0.05, 0) is 68.0 Å². The second-order valence-electron chi connectivity index (χ2n) is 12.0. The van der Waals surface area contributed by atoms with Crippen LogP contribution in [-0.4, -0.2) is 70.1 Å². The molecular weight excluding hydrogens is 596 g/mol. The van der Waals surface area contributed by atoms with E-state index in [1.165, 1.54) is 6.08 Å². The van der Waals surface area contributed by atoms with Crippen molar-refractivity contribution in [3.8, 4) is 33.9 Å². The lowest BCUT2D eigenvalue weighted by molar-refractivity contribution is -0.128. The number of likely N-dealkylation sites (tertiary alicyclic amines) is 2. The van der Waals surface area contributed by atoms with Crippen LogP contribution in [0.3, 0.4) is 0 Å². The number of hydrogen-bond acceptors (Lipinski definition) is 8. The van der Waals surface area contributed by atoms with Crippen molar-refractivity contribution in [1.29, 1.82) is 0 Å². The Bertz CT molecular complexity index is 1710. The van der Waals surface area contributed by atoms with E-state index in [4.69, 9.17) is 18.4 Å². The van der Waals surface area contributed by atoms with Gasteiger partial charge in [-0.3, -0.25) is 9.59 Å². The fourth-order valence-corrected chi connectivity index (χ4v) is 6.05. The van der Waals surface area contributed by atoms with Gasteiger partial charge in [-0.15, -0.1) is 0 Å². The molecule has 2 amide bonds. The minimum atomic E-state index is -0.0300. The number of aromatic nitrogens is 2. The number of nitrogens with zero attached hydrogens (tertiary/aromatic N) is 4. The Labute approximate surface area is 274 Å². The molecule has 2 aromatic carbocycles. The molecule has 10 heteroatoms. The van der Waals surface area contributed by atoms with Gasteiger partial charge in [0, 0.05) is 69.4 Å². The van der Waals surface area contributed by atoms with Crippen LogP contribution in [0.4, 0.5) is 0 Å². The topological polar surface area (TPSA) is 111 Å². The van der Waals surface area contributed by atoms with Crippen molar-refractivity contribution >= 4 is 11.8 Å². The SMILES string of the molecule is C=CC(=O)N1CCC(Oc2ccc(-c3oc(C/C=C/C(=O)N4CCC(Oc5ccc(-c6cnoc6C)cc5)CC4)nc3C)cc2)CC1. The zero-order valence-corrected chi connectivity index (χ0v) is 26.9. The number of piperidine rings is 2.